The van der Waals surface area contributed by atoms with Crippen molar-refractivity contribution >= 4 is 28.5 Å². The van der Waals surface area contributed by atoms with Gasteiger partial charge in [0.1, 0.15) is 17.2 Å². The molecule has 20 heavy (non-hydrogen) atoms. The van der Waals surface area contributed by atoms with Gasteiger partial charge in [0, 0.05) is 17.8 Å². The third-order valence-electron chi connectivity index (χ3n) is 2.90. The number of nitrogen functional groups attached to an aromatic ring is 1. The van der Waals surface area contributed by atoms with E-state index in [9.17, 15) is 8.78 Å². The Morgan fingerprint density at radius 2 is 1.95 bits per heavy atom. The first kappa shape index (κ1) is 12.4. The molecule has 0 aliphatic rings. The summed E-state index contributed by atoms with van der Waals surface area (Å²) in [4.78, 5) is 4.12. The fourth-order valence-corrected chi connectivity index (χ4v) is 1.85. The molecule has 2 aromatic carbocycles. The Morgan fingerprint density at radius 3 is 2.75 bits per heavy atom. The number of fused-ring (bicyclic) bond motifs is 1. The molecule has 0 saturated heterocycles. The van der Waals surface area contributed by atoms with Gasteiger partial charge in [-0.25, -0.2) is 8.78 Å². The smallest absolute Gasteiger partial charge is 0.300 e. The van der Waals surface area contributed by atoms with Crippen LogP contribution in [0.3, 0.4) is 0 Å². The molecular weight excluding hydrogens is 264 g/mol. The van der Waals surface area contributed by atoms with E-state index in [4.69, 9.17) is 10.2 Å². The van der Waals surface area contributed by atoms with Crippen LogP contribution in [-0.4, -0.2) is 4.98 Å². The van der Waals surface area contributed by atoms with Crippen molar-refractivity contribution in [1.82, 2.24) is 4.98 Å². The highest BCUT2D eigenvalue weighted by molar-refractivity contribution is 5.78. The number of nitrogens with zero attached hydrogens (tertiary/aromatic N) is 1. The average Bonchev–Trinajstić information content (AvgIpc) is 2.77. The number of hydrogen-bond donors (Lipinski definition) is 2. The molecule has 6 heteroatoms. The lowest BCUT2D eigenvalue weighted by Crippen LogP contribution is -1.96. The SMILES string of the molecule is Cc1cc(F)c(Nc2nc3ccc(N)cc3o2)cc1F. The molecule has 0 spiro atoms. The lowest BCUT2D eigenvalue weighted by Gasteiger charge is -2.05. The van der Waals surface area contributed by atoms with Gasteiger partial charge in [-0.2, -0.15) is 4.98 Å². The molecule has 3 aromatic rings. The maximum atomic E-state index is 13.7. The van der Waals surface area contributed by atoms with Crippen molar-refractivity contribution in [2.24, 2.45) is 0 Å². The van der Waals surface area contributed by atoms with Gasteiger partial charge in [-0.1, -0.05) is 0 Å². The Kier molecular flexibility index (Phi) is 2.78. The molecule has 3 rings (SSSR count). The van der Waals surface area contributed by atoms with Crippen LogP contribution >= 0.6 is 0 Å². The van der Waals surface area contributed by atoms with E-state index in [1.807, 2.05) is 0 Å². The number of rotatable bonds is 2. The van der Waals surface area contributed by atoms with Crippen LogP contribution in [0.4, 0.5) is 26.2 Å². The number of aryl methyl sites for hydroxylation is 1. The van der Waals surface area contributed by atoms with E-state index >= 15 is 0 Å². The van der Waals surface area contributed by atoms with Crippen LogP contribution in [-0.2, 0) is 0 Å². The van der Waals surface area contributed by atoms with Crippen LogP contribution in [0.1, 0.15) is 5.56 Å². The quantitative estimate of drug-likeness (QED) is 0.699. The van der Waals surface area contributed by atoms with Crippen molar-refractivity contribution in [3.63, 3.8) is 0 Å². The Morgan fingerprint density at radius 1 is 1.15 bits per heavy atom. The maximum Gasteiger partial charge on any atom is 0.300 e. The van der Waals surface area contributed by atoms with Gasteiger partial charge in [0.15, 0.2) is 5.58 Å². The number of aromatic nitrogens is 1. The van der Waals surface area contributed by atoms with Crippen molar-refractivity contribution in [2.75, 3.05) is 11.1 Å². The molecule has 3 N–H and O–H groups in total. The van der Waals surface area contributed by atoms with Crippen molar-refractivity contribution in [1.29, 1.82) is 0 Å². The second-order valence-electron chi connectivity index (χ2n) is 4.45. The van der Waals surface area contributed by atoms with Crippen LogP contribution in [0.5, 0.6) is 0 Å². The molecule has 0 fully saturated rings. The molecule has 4 nitrogen and oxygen atoms in total. The second-order valence-corrected chi connectivity index (χ2v) is 4.45. The van der Waals surface area contributed by atoms with Gasteiger partial charge in [0.2, 0.25) is 0 Å². The highest BCUT2D eigenvalue weighted by Gasteiger charge is 2.11. The van der Waals surface area contributed by atoms with Gasteiger partial charge in [0.25, 0.3) is 6.01 Å². The summed E-state index contributed by atoms with van der Waals surface area (Å²) in [5.41, 5.74) is 7.41. The second kappa shape index (κ2) is 4.48. The first-order chi connectivity index (χ1) is 9.52. The number of benzene rings is 2. The number of nitrogens with one attached hydrogen (secondary N) is 1. The van der Waals surface area contributed by atoms with Crippen LogP contribution in [0, 0.1) is 18.6 Å². The summed E-state index contributed by atoms with van der Waals surface area (Å²) in [5, 5.41) is 2.62. The van der Waals surface area contributed by atoms with Crippen LogP contribution in [0.25, 0.3) is 11.1 Å². The van der Waals surface area contributed by atoms with E-state index in [-0.39, 0.29) is 17.3 Å². The molecule has 102 valence electrons. The highest BCUT2D eigenvalue weighted by atomic mass is 19.1. The van der Waals surface area contributed by atoms with Crippen molar-refractivity contribution in [2.45, 2.75) is 6.92 Å². The van der Waals surface area contributed by atoms with Crippen LogP contribution in [0.15, 0.2) is 34.7 Å². The van der Waals surface area contributed by atoms with Crippen LogP contribution in [0.2, 0.25) is 0 Å². The molecule has 1 aromatic heterocycles. The Hall–Kier alpha value is -2.63. The molecule has 0 bridgehead atoms. The summed E-state index contributed by atoms with van der Waals surface area (Å²) >= 11 is 0. The first-order valence-electron chi connectivity index (χ1n) is 5.91. The topological polar surface area (TPSA) is 64.1 Å². The fraction of sp³-hybridized carbons (Fsp3) is 0.0714. The number of nitrogens with two attached hydrogens (primary N) is 1. The lowest BCUT2D eigenvalue weighted by molar-refractivity contribution is 0.590. The maximum absolute atomic E-state index is 13.7. The largest absolute Gasteiger partial charge is 0.423 e. The van der Waals surface area contributed by atoms with Gasteiger partial charge in [0.05, 0.1) is 5.69 Å². The van der Waals surface area contributed by atoms with E-state index < -0.39 is 11.6 Å². The third kappa shape index (κ3) is 2.16. The molecular formula is C14H11F2N3O. The predicted octanol–water partition coefficient (Wildman–Crippen LogP) is 3.74. The summed E-state index contributed by atoms with van der Waals surface area (Å²) in [6.45, 7) is 1.49. The van der Waals surface area contributed by atoms with E-state index in [2.05, 4.69) is 10.3 Å². The molecule has 0 amide bonds. The van der Waals surface area contributed by atoms with Gasteiger partial charge in [-0.05, 0) is 30.7 Å². The van der Waals surface area contributed by atoms with Gasteiger partial charge in [-0.3, -0.25) is 0 Å². The minimum absolute atomic E-state index is 0.0346. The summed E-state index contributed by atoms with van der Waals surface area (Å²) < 4.78 is 32.5. The number of hydrogen-bond acceptors (Lipinski definition) is 4. The molecule has 0 aliphatic carbocycles. The molecule has 1 heterocycles. The fourth-order valence-electron chi connectivity index (χ4n) is 1.85. The zero-order valence-electron chi connectivity index (χ0n) is 10.6. The number of oxazole rings is 1. The lowest BCUT2D eigenvalue weighted by atomic mass is 10.2. The van der Waals surface area contributed by atoms with Crippen molar-refractivity contribution < 1.29 is 13.2 Å². The van der Waals surface area contributed by atoms with E-state index in [0.717, 1.165) is 12.1 Å². The predicted molar refractivity (Wildman–Crippen MR) is 72.8 cm³/mol. The summed E-state index contributed by atoms with van der Waals surface area (Å²) in [5.74, 6) is -1.08. The van der Waals surface area contributed by atoms with Gasteiger partial charge in [-0.15, -0.1) is 0 Å². The Bertz CT molecular complexity index is 798. The molecule has 0 saturated carbocycles. The van der Waals surface area contributed by atoms with E-state index in [1.165, 1.54) is 6.92 Å². The molecule has 0 aliphatic heterocycles. The summed E-state index contributed by atoms with van der Waals surface area (Å²) in [6, 6.07) is 7.23. The minimum Gasteiger partial charge on any atom is -0.423 e. The first-order valence-corrected chi connectivity index (χ1v) is 5.91. The Balaban J connectivity index is 1.99. The van der Waals surface area contributed by atoms with E-state index in [0.29, 0.717) is 16.8 Å². The normalized spacial score (nSPS) is 10.9. The van der Waals surface area contributed by atoms with Crippen LogP contribution < -0.4 is 11.1 Å². The average molecular weight is 275 g/mol. The zero-order chi connectivity index (χ0) is 14.3. The van der Waals surface area contributed by atoms with Gasteiger partial charge >= 0.3 is 0 Å². The third-order valence-corrected chi connectivity index (χ3v) is 2.90. The molecule has 0 radical (unpaired) electrons. The minimum atomic E-state index is -0.578. The monoisotopic (exact) mass is 275 g/mol. The number of anilines is 3. The summed E-state index contributed by atoms with van der Waals surface area (Å²) in [6.07, 6.45) is 0. The van der Waals surface area contributed by atoms with E-state index in [1.54, 1.807) is 18.2 Å². The summed E-state index contributed by atoms with van der Waals surface area (Å²) in [7, 11) is 0. The molecule has 0 unspecified atom stereocenters. The zero-order valence-corrected chi connectivity index (χ0v) is 10.6. The Labute approximate surface area is 113 Å². The molecule has 0 atom stereocenters. The van der Waals surface area contributed by atoms with Crippen molar-refractivity contribution in [3.8, 4) is 0 Å². The van der Waals surface area contributed by atoms with Crippen molar-refractivity contribution in [3.05, 3.63) is 47.5 Å². The number of halogens is 2. The highest BCUT2D eigenvalue weighted by Crippen LogP contribution is 2.26. The van der Waals surface area contributed by atoms with Gasteiger partial charge < -0.3 is 15.5 Å². The standard InChI is InChI=1S/C14H11F2N3O/c1-7-4-10(16)12(6-9(7)15)19-14-18-11-3-2-8(17)5-13(11)20-14/h2-6H,17H2,1H3,(H,18,19).